The number of rotatable bonds is 1. The van der Waals surface area contributed by atoms with E-state index in [0.29, 0.717) is 12.0 Å². The molecule has 17 heavy (non-hydrogen) atoms. The van der Waals surface area contributed by atoms with E-state index < -0.39 is 0 Å². The number of hydrogen-bond donors (Lipinski definition) is 1. The van der Waals surface area contributed by atoms with E-state index in [2.05, 4.69) is 11.6 Å². The molecule has 1 unspecified atom stereocenters. The molecule has 2 aliphatic rings. The molecule has 1 aromatic heterocycles. The molecular formula is C14H23N3. The minimum Gasteiger partial charge on any atom is -0.335 e. The van der Waals surface area contributed by atoms with Gasteiger partial charge in [-0.1, -0.05) is 19.3 Å². The van der Waals surface area contributed by atoms with Crippen molar-refractivity contribution >= 4 is 0 Å². The van der Waals surface area contributed by atoms with Gasteiger partial charge in [0.15, 0.2) is 0 Å². The normalized spacial score (nSPS) is 25.9. The van der Waals surface area contributed by atoms with Crippen molar-refractivity contribution in [2.24, 2.45) is 12.8 Å². The molecule has 1 heterocycles. The van der Waals surface area contributed by atoms with Crippen LogP contribution in [0.15, 0.2) is 0 Å². The van der Waals surface area contributed by atoms with Gasteiger partial charge in [0.2, 0.25) is 0 Å². The first-order valence-corrected chi connectivity index (χ1v) is 7.05. The highest BCUT2D eigenvalue weighted by atomic mass is 15.1. The van der Waals surface area contributed by atoms with Crippen LogP contribution in [0.2, 0.25) is 0 Å². The van der Waals surface area contributed by atoms with E-state index in [0.717, 1.165) is 19.3 Å². The molecule has 0 saturated heterocycles. The molecule has 2 N–H and O–H groups in total. The molecule has 0 amide bonds. The maximum absolute atomic E-state index is 6.04. The van der Waals surface area contributed by atoms with Gasteiger partial charge < -0.3 is 10.3 Å². The van der Waals surface area contributed by atoms with E-state index in [1.165, 1.54) is 49.3 Å². The van der Waals surface area contributed by atoms with Crippen molar-refractivity contribution in [3.8, 4) is 0 Å². The van der Waals surface area contributed by atoms with Crippen molar-refractivity contribution in [1.82, 2.24) is 9.55 Å². The Morgan fingerprint density at radius 3 is 2.71 bits per heavy atom. The van der Waals surface area contributed by atoms with Crippen LogP contribution in [0.3, 0.4) is 0 Å². The fourth-order valence-electron chi connectivity index (χ4n) is 3.48. The first kappa shape index (κ1) is 11.3. The third kappa shape index (κ3) is 2.01. The first-order valence-electron chi connectivity index (χ1n) is 7.05. The Morgan fingerprint density at radius 1 is 1.18 bits per heavy atom. The van der Waals surface area contributed by atoms with Crippen molar-refractivity contribution in [3.05, 3.63) is 17.2 Å². The topological polar surface area (TPSA) is 43.8 Å². The summed E-state index contributed by atoms with van der Waals surface area (Å²) in [6.45, 7) is 0. The second kappa shape index (κ2) is 4.45. The Bertz CT molecular complexity index is 402. The van der Waals surface area contributed by atoms with Gasteiger partial charge in [0, 0.05) is 31.1 Å². The number of aromatic nitrogens is 2. The third-order valence-electron chi connectivity index (χ3n) is 4.51. The zero-order valence-corrected chi connectivity index (χ0v) is 10.8. The average molecular weight is 233 g/mol. The number of fused-ring (bicyclic) bond motifs is 1. The number of imidazole rings is 1. The summed E-state index contributed by atoms with van der Waals surface area (Å²) in [5, 5.41) is 0. The highest BCUT2D eigenvalue weighted by Gasteiger charge is 2.26. The van der Waals surface area contributed by atoms with Crippen molar-refractivity contribution in [1.29, 1.82) is 0 Å². The van der Waals surface area contributed by atoms with E-state index in [9.17, 15) is 0 Å². The first-order chi connectivity index (χ1) is 8.25. The molecule has 0 spiro atoms. The van der Waals surface area contributed by atoms with Gasteiger partial charge in [-0.3, -0.25) is 0 Å². The molecule has 0 aromatic carbocycles. The van der Waals surface area contributed by atoms with Gasteiger partial charge >= 0.3 is 0 Å². The molecule has 1 saturated carbocycles. The van der Waals surface area contributed by atoms with Crippen LogP contribution in [0.25, 0.3) is 0 Å². The number of hydrogen-bond acceptors (Lipinski definition) is 2. The predicted octanol–water partition coefficient (Wildman–Crippen LogP) is 2.28. The SMILES string of the molecule is Cn1c(C2CCCCC2)nc2c1CCC(N)C2. The summed E-state index contributed by atoms with van der Waals surface area (Å²) < 4.78 is 2.37. The highest BCUT2D eigenvalue weighted by Crippen LogP contribution is 2.34. The third-order valence-corrected chi connectivity index (χ3v) is 4.51. The quantitative estimate of drug-likeness (QED) is 0.808. The molecule has 1 atom stereocenters. The summed E-state index contributed by atoms with van der Waals surface area (Å²) >= 11 is 0. The highest BCUT2D eigenvalue weighted by molar-refractivity contribution is 5.23. The maximum atomic E-state index is 6.04. The maximum Gasteiger partial charge on any atom is 0.112 e. The van der Waals surface area contributed by atoms with E-state index in [1.54, 1.807) is 0 Å². The van der Waals surface area contributed by atoms with Crippen LogP contribution < -0.4 is 5.73 Å². The lowest BCUT2D eigenvalue weighted by Crippen LogP contribution is -2.28. The zero-order valence-electron chi connectivity index (χ0n) is 10.8. The molecule has 2 aliphatic carbocycles. The minimum absolute atomic E-state index is 0.330. The Morgan fingerprint density at radius 2 is 1.94 bits per heavy atom. The Balaban J connectivity index is 1.90. The van der Waals surface area contributed by atoms with Crippen LogP contribution in [0.5, 0.6) is 0 Å². The molecule has 1 aromatic rings. The standard InChI is InChI=1S/C14H23N3/c1-17-13-8-7-11(15)9-12(13)16-14(17)10-5-3-2-4-6-10/h10-11H,2-9,15H2,1H3. The van der Waals surface area contributed by atoms with Gasteiger partial charge in [-0.25, -0.2) is 4.98 Å². The van der Waals surface area contributed by atoms with Crippen LogP contribution in [0.4, 0.5) is 0 Å². The van der Waals surface area contributed by atoms with Gasteiger partial charge in [0.25, 0.3) is 0 Å². The molecular weight excluding hydrogens is 210 g/mol. The molecule has 3 rings (SSSR count). The number of nitrogens with zero attached hydrogens (tertiary/aromatic N) is 2. The molecule has 0 aliphatic heterocycles. The van der Waals surface area contributed by atoms with Crippen molar-refractivity contribution < 1.29 is 0 Å². The second-order valence-electron chi connectivity index (χ2n) is 5.76. The van der Waals surface area contributed by atoms with E-state index in [-0.39, 0.29) is 0 Å². The van der Waals surface area contributed by atoms with Gasteiger partial charge in [0.1, 0.15) is 5.82 Å². The molecule has 0 radical (unpaired) electrons. The Hall–Kier alpha value is -0.830. The summed E-state index contributed by atoms with van der Waals surface area (Å²) in [5.74, 6) is 2.04. The zero-order chi connectivity index (χ0) is 11.8. The van der Waals surface area contributed by atoms with Crippen LogP contribution >= 0.6 is 0 Å². The average Bonchev–Trinajstić information content (AvgIpc) is 2.67. The van der Waals surface area contributed by atoms with Crippen molar-refractivity contribution in [2.75, 3.05) is 0 Å². The van der Waals surface area contributed by atoms with Crippen LogP contribution in [0, 0.1) is 0 Å². The van der Waals surface area contributed by atoms with E-state index >= 15 is 0 Å². The molecule has 94 valence electrons. The molecule has 1 fully saturated rings. The summed E-state index contributed by atoms with van der Waals surface area (Å²) in [6.07, 6.45) is 10.0. The van der Waals surface area contributed by atoms with Gasteiger partial charge in [-0.05, 0) is 25.7 Å². The lowest BCUT2D eigenvalue weighted by Gasteiger charge is -2.21. The monoisotopic (exact) mass is 233 g/mol. The summed E-state index contributed by atoms with van der Waals surface area (Å²) in [7, 11) is 2.20. The van der Waals surface area contributed by atoms with Gasteiger partial charge in [-0.15, -0.1) is 0 Å². The fourth-order valence-corrected chi connectivity index (χ4v) is 3.48. The summed E-state index contributed by atoms with van der Waals surface area (Å²) in [6, 6.07) is 0.330. The summed E-state index contributed by atoms with van der Waals surface area (Å²) in [5.41, 5.74) is 8.77. The lowest BCUT2D eigenvalue weighted by atomic mass is 9.89. The molecule has 3 nitrogen and oxygen atoms in total. The van der Waals surface area contributed by atoms with Crippen molar-refractivity contribution in [2.45, 2.75) is 63.3 Å². The smallest absolute Gasteiger partial charge is 0.112 e. The number of nitrogens with two attached hydrogens (primary N) is 1. The largest absolute Gasteiger partial charge is 0.335 e. The van der Waals surface area contributed by atoms with Crippen molar-refractivity contribution in [3.63, 3.8) is 0 Å². The minimum atomic E-state index is 0.330. The lowest BCUT2D eigenvalue weighted by molar-refractivity contribution is 0.420. The van der Waals surface area contributed by atoms with Gasteiger partial charge in [-0.2, -0.15) is 0 Å². The molecule has 3 heteroatoms. The molecule has 0 bridgehead atoms. The van der Waals surface area contributed by atoms with Crippen LogP contribution in [-0.2, 0) is 19.9 Å². The Kier molecular flexibility index (Phi) is 2.95. The van der Waals surface area contributed by atoms with Crippen LogP contribution in [-0.4, -0.2) is 15.6 Å². The van der Waals surface area contributed by atoms with E-state index in [1.807, 2.05) is 0 Å². The van der Waals surface area contributed by atoms with E-state index in [4.69, 9.17) is 10.7 Å². The van der Waals surface area contributed by atoms with Crippen LogP contribution in [0.1, 0.15) is 61.7 Å². The fraction of sp³-hybridized carbons (Fsp3) is 0.786. The second-order valence-corrected chi connectivity index (χ2v) is 5.76. The summed E-state index contributed by atoms with van der Waals surface area (Å²) in [4.78, 5) is 4.91. The predicted molar refractivity (Wildman–Crippen MR) is 69.0 cm³/mol. The van der Waals surface area contributed by atoms with Gasteiger partial charge in [0.05, 0.1) is 5.69 Å². The Labute approximate surface area is 103 Å².